The Balaban J connectivity index is 1.26. The molecule has 0 spiro atoms. The molecule has 1 saturated heterocycles. The van der Waals surface area contributed by atoms with Gasteiger partial charge >= 0.3 is 12.3 Å². The number of amides is 1. The highest BCUT2D eigenvalue weighted by atomic mass is 79.9. The lowest BCUT2D eigenvalue weighted by molar-refractivity contribution is -0.274. The summed E-state index contributed by atoms with van der Waals surface area (Å²) in [6.45, 7) is 2.66. The summed E-state index contributed by atoms with van der Waals surface area (Å²) < 4.78 is 57.9. The minimum Gasteiger partial charge on any atom is -0.453 e. The Hall–Kier alpha value is -3.98. The quantitative estimate of drug-likeness (QED) is 0.266. The zero-order chi connectivity index (χ0) is 28.4. The van der Waals surface area contributed by atoms with Gasteiger partial charge in [0.2, 0.25) is 12.1 Å². The van der Waals surface area contributed by atoms with E-state index < -0.39 is 24.2 Å². The van der Waals surface area contributed by atoms with Gasteiger partial charge in [0.1, 0.15) is 11.3 Å². The first-order valence-corrected chi connectivity index (χ1v) is 12.8. The minimum atomic E-state index is -4.84. The van der Waals surface area contributed by atoms with E-state index in [4.69, 9.17) is 13.9 Å². The highest BCUT2D eigenvalue weighted by Gasteiger charge is 2.32. The molecule has 210 valence electrons. The number of alkyl halides is 3. The Labute approximate surface area is 232 Å². The van der Waals surface area contributed by atoms with E-state index in [2.05, 4.69) is 41.4 Å². The summed E-state index contributed by atoms with van der Waals surface area (Å²) in [6, 6.07) is 10.1. The van der Waals surface area contributed by atoms with Crippen molar-refractivity contribution in [1.29, 1.82) is 0 Å². The van der Waals surface area contributed by atoms with Gasteiger partial charge in [-0.2, -0.15) is 0 Å². The van der Waals surface area contributed by atoms with Crippen molar-refractivity contribution >= 4 is 44.5 Å². The predicted molar refractivity (Wildman–Crippen MR) is 136 cm³/mol. The summed E-state index contributed by atoms with van der Waals surface area (Å²) >= 11 is 3.00. The molecule has 15 heteroatoms. The second-order valence-electron chi connectivity index (χ2n) is 8.87. The van der Waals surface area contributed by atoms with Crippen molar-refractivity contribution in [3.8, 4) is 17.3 Å². The summed E-state index contributed by atoms with van der Waals surface area (Å²) in [5.41, 5.74) is 0.859. The van der Waals surface area contributed by atoms with Crippen LogP contribution in [0.4, 0.5) is 18.9 Å². The zero-order valence-corrected chi connectivity index (χ0v) is 22.4. The maximum absolute atomic E-state index is 12.8. The molecular weight excluding hydrogens is 603 g/mol. The van der Waals surface area contributed by atoms with Crippen molar-refractivity contribution in [2.24, 2.45) is 5.92 Å². The van der Waals surface area contributed by atoms with Gasteiger partial charge in [-0.15, -0.1) is 28.2 Å². The van der Waals surface area contributed by atoms with Crippen LogP contribution < -0.4 is 10.1 Å². The number of benzene rings is 2. The third-order valence-electron chi connectivity index (χ3n) is 6.01. The molecule has 3 heterocycles. The fraction of sp³-hybridized carbons (Fsp3) is 0.320. The predicted octanol–water partition coefficient (Wildman–Crippen LogP) is 5.49. The monoisotopic (exact) mass is 623 g/mol. The molecule has 40 heavy (non-hydrogen) atoms. The van der Waals surface area contributed by atoms with Crippen LogP contribution >= 0.6 is 15.9 Å². The average molecular weight is 624 g/mol. The Morgan fingerprint density at radius 2 is 1.93 bits per heavy atom. The number of hydrogen-bond acceptors (Lipinski definition) is 9. The standard InChI is InChI=1S/C25H21BrF3N5O6/c1-13(38-24(36)14-6-8-37-9-7-14)34-32-22(31-33-34)21-10-15-2-3-16(11-20(15)39-21)23(35)30-17-4-5-19(18(26)12-17)40-25(27,28)29/h2-5,10-14H,6-9H2,1H3,(H,30,35). The van der Waals surface area contributed by atoms with Crippen molar-refractivity contribution in [3.05, 3.63) is 52.5 Å². The van der Waals surface area contributed by atoms with E-state index >= 15 is 0 Å². The molecule has 1 atom stereocenters. The van der Waals surface area contributed by atoms with Gasteiger partial charge in [0, 0.05) is 29.9 Å². The second-order valence-corrected chi connectivity index (χ2v) is 9.72. The Morgan fingerprint density at radius 1 is 1.15 bits per heavy atom. The van der Waals surface area contributed by atoms with Crippen LogP contribution in [0.15, 0.2) is 51.4 Å². The normalized spacial score (nSPS) is 15.1. The number of fused-ring (bicyclic) bond motifs is 1. The van der Waals surface area contributed by atoms with Crippen molar-refractivity contribution in [3.63, 3.8) is 0 Å². The number of aromatic nitrogens is 4. The molecule has 1 fully saturated rings. The van der Waals surface area contributed by atoms with Crippen LogP contribution in [-0.2, 0) is 14.3 Å². The van der Waals surface area contributed by atoms with E-state index in [9.17, 15) is 22.8 Å². The Bertz CT molecular complexity index is 1550. The number of anilines is 1. The number of ether oxygens (including phenoxy) is 3. The number of carbonyl (C=O) groups excluding carboxylic acids is 2. The summed E-state index contributed by atoms with van der Waals surface area (Å²) in [5, 5.41) is 15.5. The molecule has 1 aliphatic rings. The first-order valence-electron chi connectivity index (χ1n) is 12.0. The highest BCUT2D eigenvalue weighted by molar-refractivity contribution is 9.10. The molecule has 2 aromatic heterocycles. The fourth-order valence-electron chi connectivity index (χ4n) is 3.99. The number of esters is 1. The summed E-state index contributed by atoms with van der Waals surface area (Å²) in [7, 11) is 0. The minimum absolute atomic E-state index is 0.0157. The van der Waals surface area contributed by atoms with Gasteiger partial charge < -0.3 is 23.9 Å². The lowest BCUT2D eigenvalue weighted by Gasteiger charge is -2.22. The third-order valence-corrected chi connectivity index (χ3v) is 6.63. The summed E-state index contributed by atoms with van der Waals surface area (Å²) in [5.74, 6) is -1.09. The van der Waals surface area contributed by atoms with E-state index in [1.807, 2.05) is 0 Å². The lowest BCUT2D eigenvalue weighted by Crippen LogP contribution is -2.27. The van der Waals surface area contributed by atoms with E-state index in [1.165, 1.54) is 23.0 Å². The van der Waals surface area contributed by atoms with Crippen molar-refractivity contribution in [2.75, 3.05) is 18.5 Å². The van der Waals surface area contributed by atoms with E-state index in [0.717, 1.165) is 6.07 Å². The van der Waals surface area contributed by atoms with Crippen LogP contribution in [0.25, 0.3) is 22.6 Å². The maximum Gasteiger partial charge on any atom is 0.573 e. The van der Waals surface area contributed by atoms with E-state index in [0.29, 0.717) is 37.0 Å². The van der Waals surface area contributed by atoms with Gasteiger partial charge in [0.15, 0.2) is 5.76 Å². The molecule has 0 bridgehead atoms. The fourth-order valence-corrected chi connectivity index (χ4v) is 4.45. The van der Waals surface area contributed by atoms with Crippen molar-refractivity contribution in [1.82, 2.24) is 20.2 Å². The molecule has 1 N–H and O–H groups in total. The molecule has 0 aliphatic carbocycles. The van der Waals surface area contributed by atoms with Gasteiger partial charge in [0.25, 0.3) is 5.91 Å². The number of nitrogens with zero attached hydrogens (tertiary/aromatic N) is 4. The van der Waals surface area contributed by atoms with E-state index in [-0.39, 0.29) is 39.2 Å². The number of furan rings is 1. The summed E-state index contributed by atoms with van der Waals surface area (Å²) in [6.07, 6.45) is -4.43. The van der Waals surface area contributed by atoms with Crippen LogP contribution in [0.5, 0.6) is 5.75 Å². The molecule has 2 aromatic carbocycles. The van der Waals surface area contributed by atoms with Crippen molar-refractivity contribution < 1.29 is 41.4 Å². The number of carbonyl (C=O) groups is 2. The number of rotatable bonds is 7. The van der Waals surface area contributed by atoms with Gasteiger partial charge in [-0.1, -0.05) is 6.07 Å². The number of halogens is 4. The number of tetrazole rings is 1. The molecule has 0 radical (unpaired) electrons. The molecule has 0 saturated carbocycles. The second kappa shape index (κ2) is 11.3. The lowest BCUT2D eigenvalue weighted by atomic mass is 10.0. The highest BCUT2D eigenvalue weighted by Crippen LogP contribution is 2.33. The SMILES string of the molecule is CC(OC(=O)C1CCOCC1)n1nnc(-c2cc3ccc(C(=O)Nc4ccc(OC(F)(F)F)c(Br)c4)cc3o2)n1. The van der Waals surface area contributed by atoms with Gasteiger partial charge in [0.05, 0.1) is 10.4 Å². The smallest absolute Gasteiger partial charge is 0.453 e. The number of nitrogens with one attached hydrogen (secondary N) is 1. The molecule has 1 unspecified atom stereocenters. The molecule has 4 aromatic rings. The van der Waals surface area contributed by atoms with Gasteiger partial charge in [-0.25, -0.2) is 0 Å². The first kappa shape index (κ1) is 27.6. The largest absolute Gasteiger partial charge is 0.573 e. The van der Waals surface area contributed by atoms with Crippen LogP contribution in [0.3, 0.4) is 0 Å². The van der Waals surface area contributed by atoms with Gasteiger partial charge in [-0.05, 0) is 77.3 Å². The molecule has 5 rings (SSSR count). The molecule has 1 amide bonds. The summed E-state index contributed by atoms with van der Waals surface area (Å²) in [4.78, 5) is 26.3. The molecule has 1 aliphatic heterocycles. The van der Waals surface area contributed by atoms with E-state index in [1.54, 1.807) is 25.1 Å². The first-order chi connectivity index (χ1) is 19.1. The Morgan fingerprint density at radius 3 is 2.65 bits per heavy atom. The zero-order valence-electron chi connectivity index (χ0n) is 20.8. The van der Waals surface area contributed by atoms with Gasteiger partial charge in [-0.3, -0.25) is 9.59 Å². The Kier molecular flexibility index (Phi) is 7.76. The van der Waals surface area contributed by atoms with Crippen LogP contribution in [0, 0.1) is 5.92 Å². The topological polar surface area (TPSA) is 131 Å². The average Bonchev–Trinajstić information content (AvgIpc) is 3.57. The van der Waals surface area contributed by atoms with Crippen molar-refractivity contribution in [2.45, 2.75) is 32.4 Å². The third kappa shape index (κ3) is 6.42. The van der Waals surface area contributed by atoms with Crippen LogP contribution in [0.1, 0.15) is 36.4 Å². The van der Waals surface area contributed by atoms with Crippen LogP contribution in [0.2, 0.25) is 0 Å². The molecule has 11 nitrogen and oxygen atoms in total. The number of hydrogen-bond donors (Lipinski definition) is 1. The van der Waals surface area contributed by atoms with Crippen LogP contribution in [-0.4, -0.2) is 51.7 Å². The molecular formula is C25H21BrF3N5O6. The maximum atomic E-state index is 12.8.